The Hall–Kier alpha value is -1.92. The molecule has 2 heterocycles. The summed E-state index contributed by atoms with van der Waals surface area (Å²) >= 11 is 8.20. The Morgan fingerprint density at radius 2 is 2.03 bits per heavy atom. The maximum Gasteiger partial charge on any atom is 0.341 e. The Balaban J connectivity index is 1.62. The van der Waals surface area contributed by atoms with Gasteiger partial charge < -0.3 is 14.4 Å². The first-order valence-electron chi connectivity index (χ1n) is 10.1. The number of pyridine rings is 1. The van der Waals surface area contributed by atoms with Crippen molar-refractivity contribution in [1.82, 2.24) is 4.57 Å². The van der Waals surface area contributed by atoms with Gasteiger partial charge >= 0.3 is 5.97 Å². The molecule has 0 saturated heterocycles. The van der Waals surface area contributed by atoms with Crippen molar-refractivity contribution in [3.63, 3.8) is 0 Å². The second-order valence-corrected chi connectivity index (χ2v) is 9.98. The highest BCUT2D eigenvalue weighted by Crippen LogP contribution is 2.52. The van der Waals surface area contributed by atoms with Crippen LogP contribution in [0, 0.1) is 5.92 Å². The van der Waals surface area contributed by atoms with Crippen LogP contribution < -0.4 is 10.3 Å². The van der Waals surface area contributed by atoms with Gasteiger partial charge in [-0.15, -0.1) is 11.8 Å². The fourth-order valence-corrected chi connectivity index (χ4v) is 5.37. The van der Waals surface area contributed by atoms with Gasteiger partial charge in [0.15, 0.2) is 0 Å². The Morgan fingerprint density at radius 1 is 1.28 bits per heavy atom. The van der Waals surface area contributed by atoms with Crippen LogP contribution in [0.1, 0.15) is 66.2 Å². The van der Waals surface area contributed by atoms with E-state index in [1.165, 1.54) is 12.8 Å². The number of ether oxygens (including phenoxy) is 1. The van der Waals surface area contributed by atoms with E-state index in [2.05, 4.69) is 0 Å². The number of rotatable bonds is 6. The largest absolute Gasteiger partial charge is 0.492 e. The molecular formula is C22H22ClNO4S. The van der Waals surface area contributed by atoms with Gasteiger partial charge in [-0.25, -0.2) is 4.79 Å². The molecule has 29 heavy (non-hydrogen) atoms. The normalized spacial score (nSPS) is 20.1. The van der Waals surface area contributed by atoms with E-state index < -0.39 is 11.5 Å². The molecule has 2 aliphatic carbocycles. The molecule has 0 spiro atoms. The molecule has 1 atom stereocenters. The Morgan fingerprint density at radius 3 is 2.69 bits per heavy atom. The lowest BCUT2D eigenvalue weighted by atomic mass is 9.99. The van der Waals surface area contributed by atoms with Crippen LogP contribution in [0.3, 0.4) is 0 Å². The number of carbonyl (C=O) groups is 1. The summed E-state index contributed by atoms with van der Waals surface area (Å²) in [6.45, 7) is 2.71. The molecule has 1 aromatic heterocycles. The number of fused-ring (bicyclic) bond motifs is 3. The fourth-order valence-electron chi connectivity index (χ4n) is 4.01. The lowest BCUT2D eigenvalue weighted by Gasteiger charge is -2.29. The topological polar surface area (TPSA) is 68.5 Å². The van der Waals surface area contributed by atoms with Crippen LogP contribution in [-0.4, -0.2) is 22.2 Å². The molecular weight excluding hydrogens is 410 g/mol. The van der Waals surface area contributed by atoms with Gasteiger partial charge in [0.1, 0.15) is 11.3 Å². The van der Waals surface area contributed by atoms with Crippen LogP contribution in [0.4, 0.5) is 0 Å². The number of nitrogens with zero attached hydrogens (tertiary/aromatic N) is 1. The smallest absolute Gasteiger partial charge is 0.341 e. The van der Waals surface area contributed by atoms with E-state index in [0.717, 1.165) is 46.9 Å². The molecule has 1 aliphatic heterocycles. The first kappa shape index (κ1) is 19.1. The minimum Gasteiger partial charge on any atom is -0.492 e. The zero-order chi connectivity index (χ0) is 20.3. The number of hydrogen-bond acceptors (Lipinski definition) is 4. The third-order valence-electron chi connectivity index (χ3n) is 5.92. The third-order valence-corrected chi connectivity index (χ3v) is 7.41. The summed E-state index contributed by atoms with van der Waals surface area (Å²) in [7, 11) is 0. The minimum atomic E-state index is -1.17. The van der Waals surface area contributed by atoms with Crippen LogP contribution in [-0.2, 0) is 0 Å². The number of thioether (sulfide) groups is 1. The monoisotopic (exact) mass is 431 g/mol. The summed E-state index contributed by atoms with van der Waals surface area (Å²) in [6, 6.07) is 5.46. The highest BCUT2D eigenvalue weighted by molar-refractivity contribution is 7.99. The van der Waals surface area contributed by atoms with Gasteiger partial charge in [-0.1, -0.05) is 24.4 Å². The Kier molecular flexibility index (Phi) is 4.67. The number of halogens is 1. The number of hydrogen-bond donors (Lipinski definition) is 1. The van der Waals surface area contributed by atoms with Crippen molar-refractivity contribution in [1.29, 1.82) is 0 Å². The predicted molar refractivity (Wildman–Crippen MR) is 113 cm³/mol. The molecule has 1 aromatic carbocycles. The maximum atomic E-state index is 13.0. The van der Waals surface area contributed by atoms with Crippen LogP contribution in [0.5, 0.6) is 5.75 Å². The quantitative estimate of drug-likeness (QED) is 0.649. The molecule has 2 aromatic rings. The molecule has 1 unspecified atom stereocenters. The maximum absolute atomic E-state index is 13.0. The average Bonchev–Trinajstić information content (AvgIpc) is 3.57. The SMILES string of the molecule is CC1Sc2cc(OCCC3CC3)c(Cl)cc2-c2c1cc(C(=O)O)c(=O)n2C1CC1. The molecule has 1 N–H and O–H groups in total. The fraction of sp³-hybridized carbons (Fsp3) is 0.455. The van der Waals surface area contributed by atoms with Gasteiger partial charge in [-0.05, 0) is 55.9 Å². The number of aromatic carboxylic acids is 1. The molecule has 7 heteroatoms. The van der Waals surface area contributed by atoms with E-state index in [0.29, 0.717) is 17.4 Å². The van der Waals surface area contributed by atoms with Gasteiger partial charge in [0, 0.05) is 21.8 Å². The van der Waals surface area contributed by atoms with E-state index >= 15 is 0 Å². The number of aromatic nitrogens is 1. The van der Waals surface area contributed by atoms with Crippen molar-refractivity contribution < 1.29 is 14.6 Å². The second-order valence-electron chi connectivity index (χ2n) is 8.19. The molecule has 0 radical (unpaired) electrons. The zero-order valence-electron chi connectivity index (χ0n) is 16.1. The lowest BCUT2D eigenvalue weighted by molar-refractivity contribution is 0.0694. The van der Waals surface area contributed by atoms with Gasteiger partial charge in [0.25, 0.3) is 5.56 Å². The summed E-state index contributed by atoms with van der Waals surface area (Å²) in [4.78, 5) is 25.6. The standard InChI is InChI=1S/C22H22ClNO4S/c1-11-14-8-16(22(26)27)21(25)24(13-4-5-13)20(14)15-9-17(23)18(10-19(15)29-11)28-7-6-12-2-3-12/h8-13H,2-7H2,1H3,(H,26,27). The van der Waals surface area contributed by atoms with E-state index in [9.17, 15) is 14.7 Å². The van der Waals surface area contributed by atoms with Crippen molar-refractivity contribution in [2.24, 2.45) is 5.92 Å². The molecule has 3 aliphatic rings. The molecule has 5 rings (SSSR count). The molecule has 0 amide bonds. The highest BCUT2D eigenvalue weighted by Gasteiger charge is 2.35. The number of benzene rings is 1. The van der Waals surface area contributed by atoms with Crippen LogP contribution in [0.25, 0.3) is 11.3 Å². The van der Waals surface area contributed by atoms with Crippen LogP contribution in [0.15, 0.2) is 27.9 Å². The Labute approximate surface area is 178 Å². The molecule has 5 nitrogen and oxygen atoms in total. The first-order chi connectivity index (χ1) is 13.9. The second kappa shape index (κ2) is 7.10. The summed E-state index contributed by atoms with van der Waals surface area (Å²) in [6.07, 6.45) is 5.43. The van der Waals surface area contributed by atoms with Crippen molar-refractivity contribution in [3.8, 4) is 17.0 Å². The van der Waals surface area contributed by atoms with E-state index in [-0.39, 0.29) is 16.9 Å². The molecule has 2 fully saturated rings. The Bertz CT molecular complexity index is 1070. The zero-order valence-corrected chi connectivity index (χ0v) is 17.7. The first-order valence-corrected chi connectivity index (χ1v) is 11.4. The average molecular weight is 432 g/mol. The number of carboxylic acids is 1. The van der Waals surface area contributed by atoms with Crippen molar-refractivity contribution in [3.05, 3.63) is 44.7 Å². The van der Waals surface area contributed by atoms with Gasteiger partial charge in [0.05, 0.1) is 17.3 Å². The van der Waals surface area contributed by atoms with E-state index in [1.54, 1.807) is 22.4 Å². The van der Waals surface area contributed by atoms with Gasteiger partial charge in [-0.2, -0.15) is 0 Å². The van der Waals surface area contributed by atoms with E-state index in [4.69, 9.17) is 16.3 Å². The summed E-state index contributed by atoms with van der Waals surface area (Å²) in [5, 5.41) is 10.1. The highest BCUT2D eigenvalue weighted by atomic mass is 35.5. The van der Waals surface area contributed by atoms with Crippen LogP contribution in [0.2, 0.25) is 5.02 Å². The van der Waals surface area contributed by atoms with Crippen molar-refractivity contribution in [2.45, 2.75) is 55.2 Å². The van der Waals surface area contributed by atoms with Crippen LogP contribution >= 0.6 is 23.4 Å². The van der Waals surface area contributed by atoms with Crippen molar-refractivity contribution in [2.75, 3.05) is 6.61 Å². The summed E-state index contributed by atoms with van der Waals surface area (Å²) in [5.41, 5.74) is 2.01. The van der Waals surface area contributed by atoms with Gasteiger partial charge in [-0.3, -0.25) is 4.79 Å². The third kappa shape index (κ3) is 3.46. The number of carboxylic acid groups (broad SMARTS) is 1. The van der Waals surface area contributed by atoms with Crippen molar-refractivity contribution >= 4 is 29.3 Å². The molecule has 2 saturated carbocycles. The summed E-state index contributed by atoms with van der Waals surface area (Å²) in [5.74, 6) is 0.299. The molecule has 0 bridgehead atoms. The van der Waals surface area contributed by atoms with Gasteiger partial charge in [0.2, 0.25) is 0 Å². The molecule has 152 valence electrons. The predicted octanol–water partition coefficient (Wildman–Crippen LogP) is 5.55. The van der Waals surface area contributed by atoms with E-state index in [1.807, 2.05) is 19.1 Å². The summed E-state index contributed by atoms with van der Waals surface area (Å²) < 4.78 is 7.64. The lowest BCUT2D eigenvalue weighted by Crippen LogP contribution is -2.29. The minimum absolute atomic E-state index is 0.0293.